The van der Waals surface area contributed by atoms with Crippen molar-refractivity contribution in [3.63, 3.8) is 0 Å². The van der Waals surface area contributed by atoms with Gasteiger partial charge in [0.15, 0.2) is 0 Å². The van der Waals surface area contributed by atoms with Gasteiger partial charge in [0, 0.05) is 0 Å². The number of hydrogen-bond acceptors (Lipinski definition) is 3. The van der Waals surface area contributed by atoms with Crippen LogP contribution in [0.3, 0.4) is 0 Å². The van der Waals surface area contributed by atoms with E-state index in [1.165, 1.54) is 6.42 Å². The first-order valence-corrected chi connectivity index (χ1v) is 9.05. The van der Waals surface area contributed by atoms with E-state index in [2.05, 4.69) is 22.7 Å². The Kier molecular flexibility index (Phi) is 4.61. The van der Waals surface area contributed by atoms with E-state index >= 15 is 0 Å². The maximum absolute atomic E-state index is 12.2. The quantitative estimate of drug-likeness (QED) is 0.835. The zero-order valence-corrected chi connectivity index (χ0v) is 12.8. The molecule has 1 aliphatic rings. The average molecular weight is 324 g/mol. The SMILES string of the molecule is C=C(N)c1cc(NC(=O)C2CCC([Se]C)C2)ccn1. The molecule has 2 unspecified atom stereocenters. The summed E-state index contributed by atoms with van der Waals surface area (Å²) in [5.74, 6) is 2.52. The molecule has 0 radical (unpaired) electrons. The van der Waals surface area contributed by atoms with Crippen LogP contribution in [0.5, 0.6) is 0 Å². The van der Waals surface area contributed by atoms with Crippen molar-refractivity contribution in [3.05, 3.63) is 30.6 Å². The topological polar surface area (TPSA) is 68.0 Å². The number of rotatable bonds is 4. The van der Waals surface area contributed by atoms with Gasteiger partial charge in [-0.15, -0.1) is 0 Å². The number of anilines is 1. The van der Waals surface area contributed by atoms with E-state index in [-0.39, 0.29) is 11.8 Å². The molecule has 0 aromatic carbocycles. The maximum atomic E-state index is 12.2. The molecule has 19 heavy (non-hydrogen) atoms. The summed E-state index contributed by atoms with van der Waals surface area (Å²) in [4.78, 5) is 17.0. The van der Waals surface area contributed by atoms with Crippen molar-refractivity contribution in [2.75, 3.05) is 5.32 Å². The van der Waals surface area contributed by atoms with E-state index in [0.717, 1.165) is 23.3 Å². The zero-order valence-electron chi connectivity index (χ0n) is 11.1. The molecule has 2 atom stereocenters. The van der Waals surface area contributed by atoms with Crippen molar-refractivity contribution >= 4 is 32.2 Å². The summed E-state index contributed by atoms with van der Waals surface area (Å²) in [7, 11) is 0. The first-order valence-electron chi connectivity index (χ1n) is 6.34. The molecule has 2 rings (SSSR count). The second-order valence-corrected chi connectivity index (χ2v) is 7.20. The predicted octanol–water partition coefficient (Wildman–Crippen LogP) is 2.29. The minimum atomic E-state index is 0.117. The molecule has 1 aromatic heterocycles. The molecule has 5 heteroatoms. The van der Waals surface area contributed by atoms with Gasteiger partial charge in [0.2, 0.25) is 0 Å². The summed E-state index contributed by atoms with van der Waals surface area (Å²) >= 11 is 0.649. The Morgan fingerprint density at radius 2 is 2.37 bits per heavy atom. The van der Waals surface area contributed by atoms with Crippen molar-refractivity contribution in [3.8, 4) is 0 Å². The fourth-order valence-corrected chi connectivity index (χ4v) is 3.99. The number of nitrogens with two attached hydrogens (primary N) is 1. The summed E-state index contributed by atoms with van der Waals surface area (Å²) in [5, 5.41) is 2.96. The van der Waals surface area contributed by atoms with Crippen LogP contribution in [-0.2, 0) is 4.79 Å². The molecule has 0 bridgehead atoms. The van der Waals surface area contributed by atoms with Gasteiger partial charge in [-0.3, -0.25) is 0 Å². The van der Waals surface area contributed by atoms with Gasteiger partial charge >= 0.3 is 119 Å². The van der Waals surface area contributed by atoms with Gasteiger partial charge in [0.05, 0.1) is 0 Å². The standard InChI is InChI=1S/C14H19N3OSe/c1-9(15)13-8-11(5-6-16-13)17-14(18)10-3-4-12(7-10)19-2/h5-6,8,10,12H,1,3-4,7,15H2,2H3,(H,16,17,18). The Morgan fingerprint density at radius 3 is 3.00 bits per heavy atom. The van der Waals surface area contributed by atoms with Gasteiger partial charge in [0.25, 0.3) is 0 Å². The number of carbonyl (C=O) groups is 1. The summed E-state index contributed by atoms with van der Waals surface area (Å²) in [6.45, 7) is 3.65. The molecular weight excluding hydrogens is 305 g/mol. The summed E-state index contributed by atoms with van der Waals surface area (Å²) in [6, 6.07) is 3.54. The number of nitrogens with one attached hydrogen (secondary N) is 1. The van der Waals surface area contributed by atoms with Crippen LogP contribution in [0.1, 0.15) is 25.0 Å². The van der Waals surface area contributed by atoms with E-state index in [0.29, 0.717) is 26.3 Å². The second-order valence-electron chi connectivity index (χ2n) is 4.81. The van der Waals surface area contributed by atoms with Crippen LogP contribution in [0.2, 0.25) is 10.6 Å². The summed E-state index contributed by atoms with van der Waals surface area (Å²) in [5.41, 5.74) is 7.37. The molecule has 1 saturated carbocycles. The number of pyridine rings is 1. The fourth-order valence-electron chi connectivity index (χ4n) is 2.32. The average Bonchev–Trinajstić information content (AvgIpc) is 2.88. The number of hydrogen-bond donors (Lipinski definition) is 2. The molecule has 0 spiro atoms. The van der Waals surface area contributed by atoms with Crippen molar-refractivity contribution in [1.29, 1.82) is 0 Å². The molecule has 3 N–H and O–H groups in total. The number of nitrogens with zero attached hydrogens (tertiary/aromatic N) is 1. The molecule has 1 aliphatic carbocycles. The molecule has 4 nitrogen and oxygen atoms in total. The Morgan fingerprint density at radius 1 is 1.58 bits per heavy atom. The molecule has 1 fully saturated rings. The monoisotopic (exact) mass is 325 g/mol. The third-order valence-electron chi connectivity index (χ3n) is 3.45. The van der Waals surface area contributed by atoms with Gasteiger partial charge < -0.3 is 0 Å². The number of aromatic nitrogens is 1. The van der Waals surface area contributed by atoms with Crippen molar-refractivity contribution in [2.24, 2.45) is 11.7 Å². The van der Waals surface area contributed by atoms with E-state index in [1.54, 1.807) is 18.3 Å². The Balaban J connectivity index is 1.99. The third kappa shape index (κ3) is 3.58. The van der Waals surface area contributed by atoms with Crippen molar-refractivity contribution in [2.45, 2.75) is 29.9 Å². The Bertz CT molecular complexity index is 489. The van der Waals surface area contributed by atoms with Gasteiger partial charge in [0.1, 0.15) is 0 Å². The van der Waals surface area contributed by atoms with Crippen LogP contribution in [0.4, 0.5) is 5.69 Å². The zero-order chi connectivity index (χ0) is 13.8. The molecule has 1 aromatic rings. The minimum absolute atomic E-state index is 0.117. The van der Waals surface area contributed by atoms with E-state index < -0.39 is 0 Å². The first kappa shape index (κ1) is 14.1. The Hall–Kier alpha value is -1.32. The first-order chi connectivity index (χ1) is 9.10. The van der Waals surface area contributed by atoms with Crippen LogP contribution >= 0.6 is 0 Å². The normalized spacial score (nSPS) is 22.2. The molecule has 0 aliphatic heterocycles. The van der Waals surface area contributed by atoms with Gasteiger partial charge in [-0.1, -0.05) is 0 Å². The Labute approximate surface area is 120 Å². The molecular formula is C14H19N3OSe. The van der Waals surface area contributed by atoms with E-state index in [4.69, 9.17) is 5.73 Å². The predicted molar refractivity (Wildman–Crippen MR) is 78.8 cm³/mol. The van der Waals surface area contributed by atoms with Gasteiger partial charge in [-0.25, -0.2) is 0 Å². The summed E-state index contributed by atoms with van der Waals surface area (Å²) in [6.07, 6.45) is 4.86. The number of carbonyl (C=O) groups excluding carboxylic acids is 1. The van der Waals surface area contributed by atoms with E-state index in [1.807, 2.05) is 0 Å². The molecule has 1 amide bonds. The van der Waals surface area contributed by atoms with Gasteiger partial charge in [-0.05, 0) is 0 Å². The van der Waals surface area contributed by atoms with Crippen LogP contribution in [0.15, 0.2) is 24.9 Å². The van der Waals surface area contributed by atoms with Gasteiger partial charge in [-0.2, -0.15) is 0 Å². The van der Waals surface area contributed by atoms with Crippen LogP contribution in [0, 0.1) is 5.92 Å². The molecule has 0 saturated heterocycles. The fraction of sp³-hybridized carbons (Fsp3) is 0.429. The second kappa shape index (κ2) is 6.22. The third-order valence-corrected chi connectivity index (χ3v) is 5.74. The van der Waals surface area contributed by atoms with Crippen LogP contribution in [0.25, 0.3) is 5.70 Å². The van der Waals surface area contributed by atoms with Crippen LogP contribution < -0.4 is 11.1 Å². The van der Waals surface area contributed by atoms with Crippen LogP contribution in [-0.4, -0.2) is 25.8 Å². The number of amides is 1. The molecule has 1 heterocycles. The summed E-state index contributed by atoms with van der Waals surface area (Å²) < 4.78 is 0. The van der Waals surface area contributed by atoms with Crippen molar-refractivity contribution in [1.82, 2.24) is 4.98 Å². The van der Waals surface area contributed by atoms with E-state index in [9.17, 15) is 4.79 Å². The van der Waals surface area contributed by atoms with Crippen molar-refractivity contribution < 1.29 is 4.79 Å². The molecule has 102 valence electrons.